The van der Waals surface area contributed by atoms with Gasteiger partial charge in [0.1, 0.15) is 0 Å². The molecule has 2 aromatic rings. The smallest absolute Gasteiger partial charge is 0.0256 e. The van der Waals surface area contributed by atoms with Crippen LogP contribution in [0.2, 0.25) is 0 Å². The summed E-state index contributed by atoms with van der Waals surface area (Å²) in [6, 6.07) is 15.4. The third kappa shape index (κ3) is 1.88. The second kappa shape index (κ2) is 4.71. The van der Waals surface area contributed by atoms with E-state index in [0.29, 0.717) is 0 Å². The highest BCUT2D eigenvalue weighted by molar-refractivity contribution is 9.10. The maximum Gasteiger partial charge on any atom is 0.0256 e. The van der Waals surface area contributed by atoms with Crippen LogP contribution in [0.3, 0.4) is 0 Å². The Morgan fingerprint density at radius 2 is 1.23 bits per heavy atom. The van der Waals surface area contributed by atoms with E-state index in [1.807, 2.05) is 0 Å². The molecule has 0 heterocycles. The quantitative estimate of drug-likeness (QED) is 0.532. The van der Waals surface area contributed by atoms with Crippen molar-refractivity contribution in [1.82, 2.24) is 0 Å². The van der Waals surface area contributed by atoms with Crippen molar-refractivity contribution < 1.29 is 0 Å². The lowest BCUT2D eigenvalue weighted by Gasteiger charge is -2.44. The van der Waals surface area contributed by atoms with Gasteiger partial charge in [0, 0.05) is 4.47 Å². The molecule has 0 amide bonds. The van der Waals surface area contributed by atoms with Crippen molar-refractivity contribution in [2.24, 2.45) is 5.41 Å². The molecule has 22 heavy (non-hydrogen) atoms. The van der Waals surface area contributed by atoms with Crippen LogP contribution in [-0.2, 0) is 10.8 Å². The third-order valence-corrected chi connectivity index (χ3v) is 7.32. The van der Waals surface area contributed by atoms with Crippen molar-refractivity contribution >= 4 is 15.9 Å². The minimum Gasteiger partial charge on any atom is -0.0622 e. The van der Waals surface area contributed by atoms with Crippen molar-refractivity contribution in [3.8, 4) is 11.1 Å². The van der Waals surface area contributed by atoms with Crippen molar-refractivity contribution in [1.29, 1.82) is 0 Å². The third-order valence-electron chi connectivity index (χ3n) is 6.66. The zero-order valence-corrected chi connectivity index (χ0v) is 16.0. The molecule has 3 rings (SSSR count). The van der Waals surface area contributed by atoms with Gasteiger partial charge in [-0.3, -0.25) is 0 Å². The van der Waals surface area contributed by atoms with Gasteiger partial charge in [0.25, 0.3) is 0 Å². The zero-order chi connectivity index (χ0) is 16.3. The molecule has 0 radical (unpaired) electrons. The Bertz CT molecular complexity index is 721. The summed E-state index contributed by atoms with van der Waals surface area (Å²) < 4.78 is 1.19. The summed E-state index contributed by atoms with van der Waals surface area (Å²) in [6.45, 7) is 14.4. The molecule has 2 aromatic carbocycles. The van der Waals surface area contributed by atoms with Crippen LogP contribution in [0.5, 0.6) is 0 Å². The summed E-state index contributed by atoms with van der Waals surface area (Å²) in [4.78, 5) is 0. The Morgan fingerprint density at radius 1 is 0.727 bits per heavy atom. The van der Waals surface area contributed by atoms with Crippen LogP contribution >= 0.6 is 15.9 Å². The maximum atomic E-state index is 3.81. The van der Waals surface area contributed by atoms with E-state index in [2.05, 4.69) is 99.9 Å². The Hall–Kier alpha value is -1.08. The predicted octanol–water partition coefficient (Wildman–Crippen LogP) is 6.71. The van der Waals surface area contributed by atoms with Crippen molar-refractivity contribution in [2.45, 2.75) is 52.4 Å². The second-order valence-electron chi connectivity index (χ2n) is 8.12. The average Bonchev–Trinajstić information content (AvgIpc) is 2.55. The molecule has 0 spiro atoms. The Balaban J connectivity index is 2.30. The number of halogens is 1. The summed E-state index contributed by atoms with van der Waals surface area (Å²) in [5.41, 5.74) is 6.05. The van der Waals surface area contributed by atoms with E-state index in [-0.39, 0.29) is 16.2 Å². The van der Waals surface area contributed by atoms with Gasteiger partial charge < -0.3 is 0 Å². The van der Waals surface area contributed by atoms with Crippen LogP contribution in [0.15, 0.2) is 46.9 Å². The van der Waals surface area contributed by atoms with E-state index in [9.17, 15) is 0 Å². The normalized spacial score (nSPS) is 20.7. The minimum atomic E-state index is 0.149. The Labute approximate surface area is 143 Å². The first-order valence-electron chi connectivity index (χ1n) is 8.00. The molecule has 0 saturated carbocycles. The van der Waals surface area contributed by atoms with Gasteiger partial charge >= 0.3 is 0 Å². The highest BCUT2D eigenvalue weighted by Gasteiger charge is 2.56. The van der Waals surface area contributed by atoms with E-state index in [1.54, 1.807) is 0 Å². The largest absolute Gasteiger partial charge is 0.0622 e. The molecule has 0 aromatic heterocycles. The monoisotopic (exact) mass is 356 g/mol. The molecule has 1 aliphatic rings. The van der Waals surface area contributed by atoms with Gasteiger partial charge in [0.05, 0.1) is 0 Å². The summed E-state index contributed by atoms with van der Waals surface area (Å²) in [7, 11) is 0. The Kier molecular flexibility index (Phi) is 3.38. The van der Waals surface area contributed by atoms with Crippen LogP contribution in [-0.4, -0.2) is 0 Å². The van der Waals surface area contributed by atoms with E-state index in [0.717, 1.165) is 0 Å². The molecule has 0 N–H and O–H groups in total. The van der Waals surface area contributed by atoms with Crippen LogP contribution in [0.1, 0.15) is 52.7 Å². The molecule has 0 unspecified atom stereocenters. The lowest BCUT2D eigenvalue weighted by Crippen LogP contribution is -2.42. The molecule has 0 aliphatic heterocycles. The first-order valence-corrected chi connectivity index (χ1v) is 8.80. The van der Waals surface area contributed by atoms with Crippen LogP contribution < -0.4 is 0 Å². The van der Waals surface area contributed by atoms with E-state index >= 15 is 0 Å². The van der Waals surface area contributed by atoms with Crippen molar-refractivity contribution in [3.05, 3.63) is 58.1 Å². The van der Waals surface area contributed by atoms with Crippen LogP contribution in [0.4, 0.5) is 0 Å². The van der Waals surface area contributed by atoms with Crippen molar-refractivity contribution in [2.75, 3.05) is 0 Å². The average molecular weight is 357 g/mol. The van der Waals surface area contributed by atoms with Crippen LogP contribution in [0, 0.1) is 5.41 Å². The molecule has 0 atom stereocenters. The molecule has 0 saturated heterocycles. The van der Waals surface area contributed by atoms with Gasteiger partial charge in [-0.25, -0.2) is 0 Å². The van der Waals surface area contributed by atoms with Gasteiger partial charge in [-0.1, -0.05) is 87.8 Å². The van der Waals surface area contributed by atoms with Crippen LogP contribution in [0.25, 0.3) is 11.1 Å². The van der Waals surface area contributed by atoms with E-state index in [1.165, 1.54) is 26.7 Å². The summed E-state index contributed by atoms with van der Waals surface area (Å²) in [6.07, 6.45) is 0. The van der Waals surface area contributed by atoms with Gasteiger partial charge in [0.2, 0.25) is 0 Å². The van der Waals surface area contributed by atoms with E-state index in [4.69, 9.17) is 0 Å². The van der Waals surface area contributed by atoms with Gasteiger partial charge in [-0.2, -0.15) is 0 Å². The van der Waals surface area contributed by atoms with Gasteiger partial charge in [-0.05, 0) is 50.6 Å². The topological polar surface area (TPSA) is 0 Å². The van der Waals surface area contributed by atoms with Gasteiger partial charge in [0.15, 0.2) is 0 Å². The summed E-state index contributed by atoms with van der Waals surface area (Å²) >= 11 is 3.81. The first kappa shape index (κ1) is 15.8. The lowest BCUT2D eigenvalue weighted by atomic mass is 9.59. The van der Waals surface area contributed by atoms with Gasteiger partial charge in [-0.15, -0.1) is 0 Å². The van der Waals surface area contributed by atoms with E-state index < -0.39 is 0 Å². The molecule has 0 nitrogen and oxygen atoms in total. The Morgan fingerprint density at radius 3 is 1.77 bits per heavy atom. The molecular weight excluding hydrogens is 332 g/mol. The SMILES string of the molecule is CC1(C)c2cc(Br)c(-c3ccccc3)cc2C(C)(C)C1(C)C. The highest BCUT2D eigenvalue weighted by atomic mass is 79.9. The molecule has 0 fully saturated rings. The molecule has 116 valence electrons. The molecule has 1 aliphatic carbocycles. The molecule has 1 heteroatoms. The number of benzene rings is 2. The molecular formula is C21H25Br. The summed E-state index contributed by atoms with van der Waals surface area (Å²) in [5, 5.41) is 0. The minimum absolute atomic E-state index is 0.149. The fraction of sp³-hybridized carbons (Fsp3) is 0.429. The highest BCUT2D eigenvalue weighted by Crippen LogP contribution is 2.62. The molecule has 0 bridgehead atoms. The predicted molar refractivity (Wildman–Crippen MR) is 99.4 cm³/mol. The van der Waals surface area contributed by atoms with Crippen molar-refractivity contribution in [3.63, 3.8) is 0 Å². The lowest BCUT2D eigenvalue weighted by molar-refractivity contribution is 0.125. The zero-order valence-electron chi connectivity index (χ0n) is 14.4. The number of fused-ring (bicyclic) bond motifs is 1. The summed E-state index contributed by atoms with van der Waals surface area (Å²) in [5.74, 6) is 0. The first-order chi connectivity index (χ1) is 10.1. The second-order valence-corrected chi connectivity index (χ2v) is 8.97. The maximum absolute atomic E-state index is 3.81. The number of rotatable bonds is 1. The standard InChI is InChI=1S/C21H25Br/c1-19(2)16-12-15(14-10-8-7-9-11-14)18(22)13-17(16)20(3,4)21(19,5)6/h7-13H,1-6H3. The fourth-order valence-electron chi connectivity index (χ4n) is 3.90. The fourth-order valence-corrected chi connectivity index (χ4v) is 4.47. The number of hydrogen-bond donors (Lipinski definition) is 0. The number of hydrogen-bond acceptors (Lipinski definition) is 0.